The molecule has 1 aromatic carbocycles. The van der Waals surface area contributed by atoms with Crippen molar-refractivity contribution >= 4 is 10.1 Å². The van der Waals surface area contributed by atoms with E-state index in [2.05, 4.69) is 4.84 Å². The number of aryl methyl sites for hydroxylation is 2. The second-order valence-electron chi connectivity index (χ2n) is 4.10. The van der Waals surface area contributed by atoms with Crippen molar-refractivity contribution in [2.45, 2.75) is 31.1 Å². The van der Waals surface area contributed by atoms with Crippen molar-refractivity contribution in [2.24, 2.45) is 0 Å². The second-order valence-corrected chi connectivity index (χ2v) is 5.49. The van der Waals surface area contributed by atoms with Gasteiger partial charge < -0.3 is 4.84 Å². The lowest BCUT2D eigenvalue weighted by Crippen LogP contribution is -2.05. The average molecular weight is 289 g/mol. The minimum absolute atomic E-state index is 0.0278. The number of hydrogen-bond donors (Lipinski definition) is 1. The lowest BCUT2D eigenvalue weighted by atomic mass is 10.1. The van der Waals surface area contributed by atoms with E-state index in [9.17, 15) is 18.5 Å². The quantitative estimate of drug-likeness (QED) is 0.355. The van der Waals surface area contributed by atoms with Gasteiger partial charge in [-0.2, -0.15) is 8.42 Å². The van der Waals surface area contributed by atoms with E-state index < -0.39 is 15.2 Å². The molecule has 1 aromatic rings. The molecule has 1 rings (SSSR count). The third kappa shape index (κ3) is 5.23. The van der Waals surface area contributed by atoms with Crippen LogP contribution in [0.3, 0.4) is 0 Å². The molecular weight excluding hydrogens is 274 g/mol. The predicted molar refractivity (Wildman–Crippen MR) is 66.9 cm³/mol. The average Bonchev–Trinajstić information content (AvgIpc) is 2.26. The first-order valence-electron chi connectivity index (χ1n) is 5.65. The Kier molecular flexibility index (Phi) is 5.25. The predicted octanol–water partition coefficient (Wildman–Crippen LogP) is 1.77. The van der Waals surface area contributed by atoms with Crippen LogP contribution in [0.5, 0.6) is 0 Å². The summed E-state index contributed by atoms with van der Waals surface area (Å²) in [6, 6.07) is 4.63. The molecule has 0 bridgehead atoms. The van der Waals surface area contributed by atoms with Crippen LogP contribution in [-0.2, 0) is 21.4 Å². The van der Waals surface area contributed by atoms with E-state index in [-0.39, 0.29) is 11.5 Å². The van der Waals surface area contributed by atoms with Gasteiger partial charge in [-0.15, -0.1) is 10.1 Å². The molecule has 0 heterocycles. The highest BCUT2D eigenvalue weighted by Gasteiger charge is 2.14. The van der Waals surface area contributed by atoms with Crippen LogP contribution in [0, 0.1) is 17.0 Å². The van der Waals surface area contributed by atoms with Gasteiger partial charge in [-0.05, 0) is 37.8 Å². The zero-order valence-electron chi connectivity index (χ0n) is 10.4. The van der Waals surface area contributed by atoms with Crippen molar-refractivity contribution in [2.75, 3.05) is 6.61 Å². The maximum absolute atomic E-state index is 11.2. The van der Waals surface area contributed by atoms with Crippen molar-refractivity contribution in [3.8, 4) is 0 Å². The molecule has 0 fully saturated rings. The molecule has 0 spiro atoms. The standard InChI is InChI=1S/C11H15NO6S/c1-9-5-6-11(19(15,16)17)10(8-9)4-2-3-7-18-12(13)14/h5-6,8H,2-4,7H2,1H3,(H,15,16,17). The number of rotatable bonds is 7. The summed E-state index contributed by atoms with van der Waals surface area (Å²) in [6.07, 6.45) is 1.36. The molecule has 1 N–H and O–H groups in total. The monoisotopic (exact) mass is 289 g/mol. The highest BCUT2D eigenvalue weighted by atomic mass is 32.2. The van der Waals surface area contributed by atoms with Crippen molar-refractivity contribution in [1.82, 2.24) is 0 Å². The van der Waals surface area contributed by atoms with Gasteiger partial charge in [0.05, 0.1) is 11.5 Å². The van der Waals surface area contributed by atoms with Crippen LogP contribution >= 0.6 is 0 Å². The van der Waals surface area contributed by atoms with E-state index in [0.717, 1.165) is 5.56 Å². The number of hydrogen-bond acceptors (Lipinski definition) is 5. The Morgan fingerprint density at radius 3 is 2.63 bits per heavy atom. The molecular formula is C11H15NO6S. The molecule has 8 heteroatoms. The molecule has 0 atom stereocenters. The van der Waals surface area contributed by atoms with Gasteiger partial charge in [0, 0.05) is 0 Å². The van der Waals surface area contributed by atoms with Crippen molar-refractivity contribution in [3.63, 3.8) is 0 Å². The minimum atomic E-state index is -4.25. The van der Waals surface area contributed by atoms with E-state index in [1.807, 2.05) is 6.92 Å². The Hall–Kier alpha value is -1.67. The maximum atomic E-state index is 11.2. The third-order valence-corrected chi connectivity index (χ3v) is 3.49. The summed E-state index contributed by atoms with van der Waals surface area (Å²) in [6.45, 7) is 1.78. The third-order valence-electron chi connectivity index (χ3n) is 2.53. The van der Waals surface area contributed by atoms with Crippen molar-refractivity contribution in [1.29, 1.82) is 0 Å². The fourth-order valence-corrected chi connectivity index (χ4v) is 2.44. The Balaban J connectivity index is 2.67. The van der Waals surface area contributed by atoms with Crippen LogP contribution in [0.15, 0.2) is 23.1 Å². The topological polar surface area (TPSA) is 107 Å². The maximum Gasteiger partial charge on any atom is 0.294 e. The molecule has 0 aliphatic rings. The van der Waals surface area contributed by atoms with Crippen LogP contribution in [0.1, 0.15) is 24.0 Å². The first kappa shape index (κ1) is 15.4. The first-order chi connectivity index (χ1) is 8.80. The van der Waals surface area contributed by atoms with Crippen LogP contribution < -0.4 is 0 Å². The second kappa shape index (κ2) is 6.48. The molecule has 0 aromatic heterocycles. The summed E-state index contributed by atoms with van der Waals surface area (Å²) in [5, 5.41) is 9.07. The highest BCUT2D eigenvalue weighted by Crippen LogP contribution is 2.19. The Labute approximate surface area is 111 Å². The van der Waals surface area contributed by atoms with Gasteiger partial charge >= 0.3 is 0 Å². The van der Waals surface area contributed by atoms with Crippen LogP contribution in [0.4, 0.5) is 0 Å². The molecule has 7 nitrogen and oxygen atoms in total. The van der Waals surface area contributed by atoms with E-state index in [1.54, 1.807) is 12.1 Å². The van der Waals surface area contributed by atoms with Gasteiger partial charge in [-0.1, -0.05) is 17.7 Å². The summed E-state index contributed by atoms with van der Waals surface area (Å²) in [5.41, 5.74) is 1.38. The van der Waals surface area contributed by atoms with Crippen LogP contribution in [0.25, 0.3) is 0 Å². The molecule has 0 unspecified atom stereocenters. The SMILES string of the molecule is Cc1ccc(S(=O)(=O)O)c(CCCCO[N+](=O)[O-])c1. The Morgan fingerprint density at radius 2 is 2.05 bits per heavy atom. The fraction of sp³-hybridized carbons (Fsp3) is 0.455. The first-order valence-corrected chi connectivity index (χ1v) is 7.09. The van der Waals surface area contributed by atoms with E-state index in [1.165, 1.54) is 6.07 Å². The smallest absolute Gasteiger partial charge is 0.294 e. The summed E-state index contributed by atoms with van der Waals surface area (Å²) in [4.78, 5) is 14.0. The van der Waals surface area contributed by atoms with Crippen molar-refractivity contribution in [3.05, 3.63) is 39.4 Å². The summed E-state index contributed by atoms with van der Waals surface area (Å²) >= 11 is 0. The number of unbranched alkanes of at least 4 members (excludes halogenated alkanes) is 1. The summed E-state index contributed by atoms with van der Waals surface area (Å²) in [7, 11) is -4.25. The van der Waals surface area contributed by atoms with E-state index in [4.69, 9.17) is 4.55 Å². The van der Waals surface area contributed by atoms with Gasteiger partial charge in [0.25, 0.3) is 15.2 Å². The Bertz CT molecular complexity index is 554. The van der Waals surface area contributed by atoms with Gasteiger partial charge in [0.1, 0.15) is 0 Å². The molecule has 0 aliphatic heterocycles. The van der Waals surface area contributed by atoms with E-state index >= 15 is 0 Å². The van der Waals surface area contributed by atoms with Crippen LogP contribution in [-0.4, -0.2) is 24.7 Å². The van der Waals surface area contributed by atoms with Gasteiger partial charge in [-0.25, -0.2) is 0 Å². The molecule has 0 saturated carbocycles. The minimum Gasteiger partial charge on any atom is -0.314 e. The Morgan fingerprint density at radius 1 is 1.37 bits per heavy atom. The highest BCUT2D eigenvalue weighted by molar-refractivity contribution is 7.85. The molecule has 0 aliphatic carbocycles. The summed E-state index contributed by atoms with van der Waals surface area (Å²) in [5.74, 6) is 0. The zero-order valence-corrected chi connectivity index (χ0v) is 11.2. The molecule has 0 amide bonds. The molecule has 19 heavy (non-hydrogen) atoms. The largest absolute Gasteiger partial charge is 0.314 e. The lowest BCUT2D eigenvalue weighted by molar-refractivity contribution is -0.757. The normalized spacial score (nSPS) is 11.3. The van der Waals surface area contributed by atoms with Gasteiger partial charge in [0.2, 0.25) is 0 Å². The van der Waals surface area contributed by atoms with Gasteiger partial charge in [0.15, 0.2) is 0 Å². The fourth-order valence-electron chi connectivity index (χ4n) is 1.71. The molecule has 0 radical (unpaired) electrons. The molecule has 106 valence electrons. The van der Waals surface area contributed by atoms with Crippen LogP contribution in [0.2, 0.25) is 0 Å². The number of benzene rings is 1. The summed E-state index contributed by atoms with van der Waals surface area (Å²) < 4.78 is 31.5. The lowest BCUT2D eigenvalue weighted by Gasteiger charge is -2.08. The number of nitrogens with zero attached hydrogens (tertiary/aromatic N) is 1. The van der Waals surface area contributed by atoms with E-state index in [0.29, 0.717) is 24.8 Å². The molecule has 0 saturated heterocycles. The zero-order chi connectivity index (χ0) is 14.5. The van der Waals surface area contributed by atoms with Gasteiger partial charge in [-0.3, -0.25) is 4.55 Å². The van der Waals surface area contributed by atoms with Crippen molar-refractivity contribution < 1.29 is 22.9 Å².